The molecule has 0 unspecified atom stereocenters. The van der Waals surface area contributed by atoms with Gasteiger partial charge in [-0.05, 0) is 50.5 Å². The molecule has 3 rings (SSSR count). The molecule has 1 aliphatic carbocycles. The van der Waals surface area contributed by atoms with Crippen LogP contribution < -0.4 is 9.44 Å². The van der Waals surface area contributed by atoms with Gasteiger partial charge in [-0.2, -0.15) is 13.1 Å². The smallest absolute Gasteiger partial charge is 0.410 e. The Morgan fingerprint density at radius 2 is 1.85 bits per heavy atom. The highest BCUT2D eigenvalue weighted by Crippen LogP contribution is 2.34. The Bertz CT molecular complexity index is 866. The molecule has 1 saturated heterocycles. The number of carbonyl (C=O) groups excluding carboxylic acids is 1. The molecule has 1 heterocycles. The Kier molecular flexibility index (Phi) is 9.02. The van der Waals surface area contributed by atoms with Crippen LogP contribution in [0.15, 0.2) is 30.3 Å². The summed E-state index contributed by atoms with van der Waals surface area (Å²) in [5.41, 5.74) is 1.31. The molecule has 0 bridgehead atoms. The number of benzene rings is 1. The second-order valence-corrected chi connectivity index (χ2v) is 10.3. The zero-order valence-electron chi connectivity index (χ0n) is 19.0. The third-order valence-electron chi connectivity index (χ3n) is 6.46. The summed E-state index contributed by atoms with van der Waals surface area (Å²) in [6, 6.07) is 8.64. The van der Waals surface area contributed by atoms with Crippen LogP contribution in [-0.2, 0) is 19.7 Å². The molecule has 1 saturated carbocycles. The van der Waals surface area contributed by atoms with Crippen molar-refractivity contribution in [1.29, 1.82) is 0 Å². The SMILES string of the molecule is CNS(=O)(=O)N[C@H]1C[C@@H](C)N(C(=O)OCC(F)F)[C@H]1COC1CCC(c2ccccc2)CC1. The summed E-state index contributed by atoms with van der Waals surface area (Å²) in [6.07, 6.45) is 0.295. The summed E-state index contributed by atoms with van der Waals surface area (Å²) in [5.74, 6) is 0.480. The number of halogens is 2. The Hall–Kier alpha value is -1.82. The lowest BCUT2D eigenvalue weighted by Gasteiger charge is -2.33. The number of hydrogen-bond acceptors (Lipinski definition) is 5. The van der Waals surface area contributed by atoms with Crippen molar-refractivity contribution in [3.8, 4) is 0 Å². The molecule has 2 fully saturated rings. The van der Waals surface area contributed by atoms with Crippen LogP contribution >= 0.6 is 0 Å². The molecular formula is C22H33F2N3O5S. The Morgan fingerprint density at radius 1 is 1.18 bits per heavy atom. The van der Waals surface area contributed by atoms with Crippen LogP contribution in [0.5, 0.6) is 0 Å². The van der Waals surface area contributed by atoms with Gasteiger partial charge >= 0.3 is 6.09 Å². The highest BCUT2D eigenvalue weighted by Gasteiger charge is 2.44. The molecule has 186 valence electrons. The largest absolute Gasteiger partial charge is 0.443 e. The summed E-state index contributed by atoms with van der Waals surface area (Å²) >= 11 is 0. The maximum Gasteiger partial charge on any atom is 0.410 e. The second kappa shape index (κ2) is 11.5. The summed E-state index contributed by atoms with van der Waals surface area (Å²) in [4.78, 5) is 13.8. The van der Waals surface area contributed by atoms with Crippen LogP contribution in [0.25, 0.3) is 0 Å². The van der Waals surface area contributed by atoms with Gasteiger partial charge in [-0.1, -0.05) is 30.3 Å². The average molecular weight is 490 g/mol. The standard InChI is InChI=1S/C22H33F2N3O5S/c1-15-12-19(26-33(29,30)25-2)20(27(15)22(28)32-14-21(23)24)13-31-18-10-8-17(9-11-18)16-6-4-3-5-7-16/h3-7,15,17-21,25-26H,8-14H2,1-2H3/t15-,17?,18?,19+,20+/m1/s1. The fraction of sp³-hybridized carbons (Fsp3) is 0.682. The van der Waals surface area contributed by atoms with Crippen molar-refractivity contribution in [1.82, 2.24) is 14.3 Å². The summed E-state index contributed by atoms with van der Waals surface area (Å²) < 4.78 is 64.9. The third-order valence-corrected chi connectivity index (χ3v) is 7.61. The minimum Gasteiger partial charge on any atom is -0.443 e. The topological polar surface area (TPSA) is 97.0 Å². The van der Waals surface area contributed by atoms with E-state index in [1.165, 1.54) is 17.5 Å². The van der Waals surface area contributed by atoms with Crippen LogP contribution in [0, 0.1) is 0 Å². The van der Waals surface area contributed by atoms with E-state index in [1.807, 2.05) is 18.2 Å². The molecule has 11 heteroatoms. The van der Waals surface area contributed by atoms with Crippen molar-refractivity contribution < 1.29 is 31.5 Å². The van der Waals surface area contributed by atoms with Gasteiger partial charge in [0, 0.05) is 19.1 Å². The first-order chi connectivity index (χ1) is 15.7. The van der Waals surface area contributed by atoms with Gasteiger partial charge in [0.25, 0.3) is 16.6 Å². The first-order valence-electron chi connectivity index (χ1n) is 11.3. The molecule has 1 aliphatic heterocycles. The van der Waals surface area contributed by atoms with Gasteiger partial charge in [0.2, 0.25) is 0 Å². The number of alkyl halides is 2. The Labute approximate surface area is 194 Å². The van der Waals surface area contributed by atoms with Crippen molar-refractivity contribution >= 4 is 16.3 Å². The Morgan fingerprint density at radius 3 is 2.45 bits per heavy atom. The molecule has 33 heavy (non-hydrogen) atoms. The predicted molar refractivity (Wildman–Crippen MR) is 119 cm³/mol. The average Bonchev–Trinajstić information content (AvgIpc) is 3.10. The highest BCUT2D eigenvalue weighted by atomic mass is 32.2. The van der Waals surface area contributed by atoms with E-state index in [0.29, 0.717) is 12.3 Å². The third kappa shape index (κ3) is 7.08. The fourth-order valence-electron chi connectivity index (χ4n) is 4.79. The van der Waals surface area contributed by atoms with Gasteiger partial charge in [0.1, 0.15) is 0 Å². The van der Waals surface area contributed by atoms with E-state index in [1.54, 1.807) is 6.92 Å². The summed E-state index contributed by atoms with van der Waals surface area (Å²) in [7, 11) is -2.49. The second-order valence-electron chi connectivity index (χ2n) is 8.68. The van der Waals surface area contributed by atoms with Gasteiger partial charge in [-0.15, -0.1) is 0 Å². The van der Waals surface area contributed by atoms with Crippen molar-refractivity contribution in [2.24, 2.45) is 0 Å². The van der Waals surface area contributed by atoms with Crippen LogP contribution in [-0.4, -0.2) is 70.3 Å². The van der Waals surface area contributed by atoms with E-state index >= 15 is 0 Å². The Balaban J connectivity index is 1.63. The van der Waals surface area contributed by atoms with E-state index in [9.17, 15) is 22.0 Å². The van der Waals surface area contributed by atoms with Crippen molar-refractivity contribution in [3.63, 3.8) is 0 Å². The lowest BCUT2D eigenvalue weighted by molar-refractivity contribution is -0.0170. The summed E-state index contributed by atoms with van der Waals surface area (Å²) in [5, 5.41) is 0. The predicted octanol–water partition coefficient (Wildman–Crippen LogP) is 3.02. The first kappa shape index (κ1) is 25.8. The van der Waals surface area contributed by atoms with E-state index in [-0.39, 0.29) is 12.7 Å². The van der Waals surface area contributed by atoms with Crippen LogP contribution in [0.4, 0.5) is 13.6 Å². The number of nitrogens with one attached hydrogen (secondary N) is 2. The molecule has 1 aromatic rings. The van der Waals surface area contributed by atoms with E-state index in [4.69, 9.17) is 9.47 Å². The zero-order valence-corrected chi connectivity index (χ0v) is 19.8. The molecule has 2 N–H and O–H groups in total. The molecule has 1 aromatic carbocycles. The molecule has 0 spiro atoms. The molecule has 2 aliphatic rings. The van der Waals surface area contributed by atoms with Gasteiger partial charge in [0.15, 0.2) is 6.61 Å². The molecular weight excluding hydrogens is 456 g/mol. The van der Waals surface area contributed by atoms with Crippen molar-refractivity contribution in [3.05, 3.63) is 35.9 Å². The minimum absolute atomic E-state index is 0.0126. The highest BCUT2D eigenvalue weighted by molar-refractivity contribution is 7.87. The fourth-order valence-corrected chi connectivity index (χ4v) is 5.56. The quantitative estimate of drug-likeness (QED) is 0.556. The zero-order chi connectivity index (χ0) is 24.0. The van der Waals surface area contributed by atoms with Crippen LogP contribution in [0.1, 0.15) is 50.5 Å². The van der Waals surface area contributed by atoms with Gasteiger partial charge in [0.05, 0.1) is 18.8 Å². The molecule has 0 radical (unpaired) electrons. The summed E-state index contributed by atoms with van der Waals surface area (Å²) in [6.45, 7) is 0.813. The number of likely N-dealkylation sites (tertiary alicyclic amines) is 1. The molecule has 1 amide bonds. The minimum atomic E-state index is -3.77. The number of rotatable bonds is 9. The lowest BCUT2D eigenvalue weighted by atomic mass is 9.83. The van der Waals surface area contributed by atoms with Crippen molar-refractivity contribution in [2.45, 2.75) is 75.6 Å². The molecule has 8 nitrogen and oxygen atoms in total. The number of nitrogens with zero attached hydrogens (tertiary/aromatic N) is 1. The maximum absolute atomic E-state index is 12.5. The van der Waals surface area contributed by atoms with E-state index in [0.717, 1.165) is 25.7 Å². The number of amides is 1. The monoisotopic (exact) mass is 489 g/mol. The normalized spacial score (nSPS) is 28.3. The van der Waals surface area contributed by atoms with Crippen molar-refractivity contribution in [2.75, 3.05) is 20.3 Å². The van der Waals surface area contributed by atoms with E-state index < -0.39 is 47.5 Å². The van der Waals surface area contributed by atoms with E-state index in [2.05, 4.69) is 21.6 Å². The van der Waals surface area contributed by atoms with Gasteiger partial charge in [-0.25, -0.2) is 18.3 Å². The van der Waals surface area contributed by atoms with Gasteiger partial charge in [-0.3, -0.25) is 4.90 Å². The number of carbonyl (C=O) groups is 1. The number of hydrogen-bond donors (Lipinski definition) is 2. The lowest BCUT2D eigenvalue weighted by Crippen LogP contribution is -2.52. The van der Waals surface area contributed by atoms with Crippen LogP contribution in [0.3, 0.4) is 0 Å². The number of ether oxygens (including phenoxy) is 2. The molecule has 3 atom stereocenters. The van der Waals surface area contributed by atoms with Gasteiger partial charge < -0.3 is 9.47 Å². The van der Waals surface area contributed by atoms with Crippen LogP contribution in [0.2, 0.25) is 0 Å². The molecule has 0 aromatic heterocycles. The first-order valence-corrected chi connectivity index (χ1v) is 12.8. The maximum atomic E-state index is 12.5.